The molecule has 0 fully saturated rings. The molecule has 3 aromatic rings. The summed E-state index contributed by atoms with van der Waals surface area (Å²) in [6.07, 6.45) is 4.08. The first kappa shape index (κ1) is 19.3. The van der Waals surface area contributed by atoms with E-state index in [0.717, 1.165) is 12.0 Å². The Balaban J connectivity index is 1.75. The van der Waals surface area contributed by atoms with Crippen molar-refractivity contribution in [3.8, 4) is 0 Å². The Hall–Kier alpha value is -2.99. The van der Waals surface area contributed by atoms with Gasteiger partial charge >= 0.3 is 6.03 Å². The van der Waals surface area contributed by atoms with E-state index in [2.05, 4.69) is 24.0 Å². The smallest absolute Gasteiger partial charge is 0.317 e. The van der Waals surface area contributed by atoms with Crippen LogP contribution in [0.5, 0.6) is 0 Å². The molecule has 6 heteroatoms. The third-order valence-electron chi connectivity index (χ3n) is 5.18. The molecular formula is C23H23N3O2S. The lowest BCUT2D eigenvalue weighted by Crippen LogP contribution is -2.49. The summed E-state index contributed by atoms with van der Waals surface area (Å²) >= 11 is 0. The maximum absolute atomic E-state index is 13.6. The molecule has 0 saturated carbocycles. The van der Waals surface area contributed by atoms with Gasteiger partial charge in [-0.05, 0) is 37.1 Å². The van der Waals surface area contributed by atoms with Gasteiger partial charge in [-0.25, -0.2) is 14.7 Å². The van der Waals surface area contributed by atoms with E-state index < -0.39 is 10.8 Å². The first-order valence-electron chi connectivity index (χ1n) is 9.57. The normalized spacial score (nSPS) is 15.7. The van der Waals surface area contributed by atoms with Crippen LogP contribution in [0.25, 0.3) is 0 Å². The maximum atomic E-state index is 13.6. The van der Waals surface area contributed by atoms with E-state index in [-0.39, 0.29) is 12.1 Å². The predicted molar refractivity (Wildman–Crippen MR) is 116 cm³/mol. The second-order valence-corrected chi connectivity index (χ2v) is 8.54. The van der Waals surface area contributed by atoms with Gasteiger partial charge in [-0.3, -0.25) is 4.21 Å². The van der Waals surface area contributed by atoms with Crippen LogP contribution in [0, 0.1) is 0 Å². The Morgan fingerprint density at radius 3 is 2.52 bits per heavy atom. The number of urea groups is 1. The van der Waals surface area contributed by atoms with Crippen LogP contribution in [0.1, 0.15) is 18.1 Å². The third-order valence-corrected chi connectivity index (χ3v) is 6.14. The summed E-state index contributed by atoms with van der Waals surface area (Å²) < 4.78 is 12.3. The summed E-state index contributed by atoms with van der Waals surface area (Å²) in [6, 6.07) is 21.2. The highest BCUT2D eigenvalue weighted by Gasteiger charge is 2.36. The Morgan fingerprint density at radius 2 is 1.76 bits per heavy atom. The zero-order valence-electron chi connectivity index (χ0n) is 16.5. The van der Waals surface area contributed by atoms with Crippen LogP contribution < -0.4 is 4.90 Å². The maximum Gasteiger partial charge on any atom is 0.330 e. The molecule has 0 bridgehead atoms. The average molecular weight is 406 g/mol. The fourth-order valence-electron chi connectivity index (χ4n) is 3.74. The zero-order valence-corrected chi connectivity index (χ0v) is 17.3. The Kier molecular flexibility index (Phi) is 5.45. The van der Waals surface area contributed by atoms with Crippen molar-refractivity contribution in [3.63, 3.8) is 0 Å². The van der Waals surface area contributed by atoms with E-state index in [0.29, 0.717) is 22.9 Å². The van der Waals surface area contributed by atoms with E-state index in [9.17, 15) is 9.00 Å². The lowest BCUT2D eigenvalue weighted by Gasteiger charge is -2.39. The van der Waals surface area contributed by atoms with Crippen molar-refractivity contribution in [1.82, 2.24) is 9.88 Å². The number of para-hydroxylation sites is 1. The van der Waals surface area contributed by atoms with Gasteiger partial charge in [0.2, 0.25) is 0 Å². The first-order valence-corrected chi connectivity index (χ1v) is 11.1. The molecule has 4 rings (SSSR count). The molecular weight excluding hydrogens is 382 g/mol. The summed E-state index contributed by atoms with van der Waals surface area (Å²) in [4.78, 5) is 22.2. The summed E-state index contributed by atoms with van der Waals surface area (Å²) in [6.45, 7) is 2.57. The monoisotopic (exact) mass is 405 g/mol. The van der Waals surface area contributed by atoms with Crippen LogP contribution in [0.4, 0.5) is 16.3 Å². The highest BCUT2D eigenvalue weighted by atomic mass is 32.2. The first-order chi connectivity index (χ1) is 14.1. The second kappa shape index (κ2) is 8.17. The summed E-state index contributed by atoms with van der Waals surface area (Å²) in [5.41, 5.74) is 2.78. The number of pyridine rings is 1. The zero-order chi connectivity index (χ0) is 20.4. The predicted octanol–water partition coefficient (Wildman–Crippen LogP) is 4.52. The molecule has 2 aromatic carbocycles. The minimum Gasteiger partial charge on any atom is -0.317 e. The molecule has 0 radical (unpaired) electrons. The van der Waals surface area contributed by atoms with Gasteiger partial charge in [0, 0.05) is 24.1 Å². The molecule has 1 aliphatic rings. The fourth-order valence-corrected chi connectivity index (χ4v) is 4.46. The lowest BCUT2D eigenvalue weighted by molar-refractivity contribution is 0.180. The number of rotatable bonds is 5. The molecule has 0 spiro atoms. The molecule has 0 N–H and O–H groups in total. The van der Waals surface area contributed by atoms with Gasteiger partial charge in [-0.1, -0.05) is 48.5 Å². The van der Waals surface area contributed by atoms with Gasteiger partial charge in [0.1, 0.15) is 5.82 Å². The van der Waals surface area contributed by atoms with Gasteiger partial charge in [0.25, 0.3) is 0 Å². The summed E-state index contributed by atoms with van der Waals surface area (Å²) in [5.74, 6) is 0.610. The number of anilines is 2. The number of carbonyl (C=O) groups excluding carboxylic acids is 1. The largest absolute Gasteiger partial charge is 0.330 e. The van der Waals surface area contributed by atoms with E-state index in [1.54, 1.807) is 23.4 Å². The molecule has 29 heavy (non-hydrogen) atoms. The van der Waals surface area contributed by atoms with E-state index in [1.807, 2.05) is 53.4 Å². The van der Waals surface area contributed by atoms with Crippen molar-refractivity contribution in [2.24, 2.45) is 0 Å². The van der Waals surface area contributed by atoms with Crippen molar-refractivity contribution < 1.29 is 9.00 Å². The molecule has 2 amide bonds. The van der Waals surface area contributed by atoms with Crippen molar-refractivity contribution >= 4 is 28.3 Å². The fraction of sp³-hybridized carbons (Fsp3) is 0.217. The average Bonchev–Trinajstić information content (AvgIpc) is 2.74. The number of carbonyl (C=O) groups is 1. The molecule has 5 nitrogen and oxygen atoms in total. The Bertz CT molecular complexity index is 1050. The van der Waals surface area contributed by atoms with E-state index >= 15 is 0 Å². The van der Waals surface area contributed by atoms with Gasteiger partial charge in [0.05, 0.1) is 27.9 Å². The Labute approximate surface area is 173 Å². The topological polar surface area (TPSA) is 53.5 Å². The van der Waals surface area contributed by atoms with Crippen molar-refractivity contribution in [3.05, 3.63) is 84.1 Å². The van der Waals surface area contributed by atoms with Crippen LogP contribution in [0.2, 0.25) is 0 Å². The van der Waals surface area contributed by atoms with Gasteiger partial charge in [-0.15, -0.1) is 0 Å². The van der Waals surface area contributed by atoms with E-state index in [4.69, 9.17) is 0 Å². The molecule has 0 saturated heterocycles. The van der Waals surface area contributed by atoms with Crippen LogP contribution in [-0.4, -0.2) is 32.4 Å². The van der Waals surface area contributed by atoms with Crippen LogP contribution in [0.3, 0.4) is 0 Å². The van der Waals surface area contributed by atoms with E-state index in [1.165, 1.54) is 5.56 Å². The minimum absolute atomic E-state index is 0.0000392. The van der Waals surface area contributed by atoms with Crippen LogP contribution in [-0.2, 0) is 23.8 Å². The summed E-state index contributed by atoms with van der Waals surface area (Å²) in [5, 5.41) is 0. The molecule has 1 aromatic heterocycles. The van der Waals surface area contributed by atoms with Crippen LogP contribution >= 0.6 is 0 Å². The van der Waals surface area contributed by atoms with Crippen molar-refractivity contribution in [2.45, 2.75) is 30.8 Å². The number of amides is 2. The molecule has 1 aliphatic heterocycles. The lowest BCUT2D eigenvalue weighted by atomic mass is 10.0. The van der Waals surface area contributed by atoms with Crippen molar-refractivity contribution in [2.75, 3.05) is 11.2 Å². The van der Waals surface area contributed by atoms with Gasteiger partial charge in [0.15, 0.2) is 0 Å². The summed E-state index contributed by atoms with van der Waals surface area (Å²) in [7, 11) is -1.23. The molecule has 148 valence electrons. The standard InChI is InChI=1S/C23H23N3O2S/c1-17(15-18-9-4-3-5-10-18)25-16-19-11-8-14-24-22(19)26(23(25)27)20-12-6-7-13-21(20)29(2)28/h3-14,17H,15-16H2,1-2H3. The second-order valence-electron chi connectivity index (χ2n) is 7.19. The number of hydrogen-bond donors (Lipinski definition) is 0. The third kappa shape index (κ3) is 3.80. The molecule has 2 heterocycles. The number of benzene rings is 2. The number of fused-ring (bicyclic) bond motifs is 1. The highest BCUT2D eigenvalue weighted by molar-refractivity contribution is 7.84. The molecule has 2 unspecified atom stereocenters. The minimum atomic E-state index is -1.23. The number of hydrogen-bond acceptors (Lipinski definition) is 3. The highest BCUT2D eigenvalue weighted by Crippen LogP contribution is 2.36. The Morgan fingerprint density at radius 1 is 1.03 bits per heavy atom. The van der Waals surface area contributed by atoms with Gasteiger partial charge < -0.3 is 4.90 Å². The molecule has 2 atom stereocenters. The quantitative estimate of drug-likeness (QED) is 0.627. The number of nitrogens with zero attached hydrogens (tertiary/aromatic N) is 3. The number of aromatic nitrogens is 1. The molecule has 0 aliphatic carbocycles. The van der Waals surface area contributed by atoms with Gasteiger partial charge in [-0.2, -0.15) is 0 Å². The van der Waals surface area contributed by atoms with Crippen molar-refractivity contribution in [1.29, 1.82) is 0 Å². The van der Waals surface area contributed by atoms with Crippen LogP contribution in [0.15, 0.2) is 77.8 Å². The SMILES string of the molecule is CC(Cc1ccccc1)N1Cc2cccnc2N(c2ccccc2S(C)=O)C1=O.